The Hall–Kier alpha value is -1.47. The van der Waals surface area contributed by atoms with Gasteiger partial charge in [-0.25, -0.2) is 0 Å². The molecule has 0 radical (unpaired) electrons. The fourth-order valence-electron chi connectivity index (χ4n) is 1.60. The summed E-state index contributed by atoms with van der Waals surface area (Å²) in [6.45, 7) is 0.00352. The molecule has 1 aromatic carbocycles. The quantitative estimate of drug-likeness (QED) is 0.620. The van der Waals surface area contributed by atoms with Crippen molar-refractivity contribution < 1.29 is 27.4 Å². The van der Waals surface area contributed by atoms with Crippen molar-refractivity contribution in [3.05, 3.63) is 23.8 Å². The molecule has 0 heterocycles. The summed E-state index contributed by atoms with van der Waals surface area (Å²) < 4.78 is 50.4. The molecule has 0 fully saturated rings. The minimum Gasteiger partial charge on any atom is -0.493 e. The molecule has 1 rings (SSSR count). The second kappa shape index (κ2) is 7.35. The summed E-state index contributed by atoms with van der Waals surface area (Å²) in [5, 5.41) is 0. The molecule has 1 atom stereocenters. The second-order valence-corrected chi connectivity index (χ2v) is 4.39. The summed E-state index contributed by atoms with van der Waals surface area (Å²) in [4.78, 5) is 0. The predicted molar refractivity (Wildman–Crippen MR) is 67.8 cm³/mol. The van der Waals surface area contributed by atoms with Crippen LogP contribution in [0.15, 0.2) is 18.2 Å². The molecule has 0 aliphatic heterocycles. The van der Waals surface area contributed by atoms with Gasteiger partial charge in [-0.3, -0.25) is 0 Å². The van der Waals surface area contributed by atoms with E-state index in [2.05, 4.69) is 4.74 Å². The van der Waals surface area contributed by atoms with E-state index in [1.807, 2.05) is 13.0 Å². The number of nitrogens with two attached hydrogens (primary N) is 1. The number of ether oxygens (including phenoxy) is 3. The number of benzene rings is 1. The van der Waals surface area contributed by atoms with Crippen LogP contribution in [0.1, 0.15) is 12.5 Å². The molecule has 0 saturated heterocycles. The monoisotopic (exact) mass is 293 g/mol. The molecule has 0 saturated carbocycles. The number of halogens is 3. The number of rotatable bonds is 7. The first-order valence-electron chi connectivity index (χ1n) is 6.01. The number of hydrogen-bond donors (Lipinski definition) is 1. The fraction of sp³-hybridized carbons (Fsp3) is 0.538. The summed E-state index contributed by atoms with van der Waals surface area (Å²) in [6.07, 6.45) is -3.74. The Bertz CT molecular complexity index is 422. The molecule has 2 N–H and O–H groups in total. The van der Waals surface area contributed by atoms with Gasteiger partial charge in [0.2, 0.25) is 0 Å². The Morgan fingerprint density at radius 2 is 1.95 bits per heavy atom. The normalized spacial score (nSPS) is 13.1. The third-order valence-corrected chi connectivity index (χ3v) is 2.35. The molecule has 20 heavy (non-hydrogen) atoms. The SMILES string of the molecule is COc1ccc(CC(C)N)cc1OCOCC(F)(F)F. The van der Waals surface area contributed by atoms with Crippen LogP contribution in [0.25, 0.3) is 0 Å². The van der Waals surface area contributed by atoms with E-state index in [4.69, 9.17) is 15.2 Å². The zero-order valence-corrected chi connectivity index (χ0v) is 11.4. The van der Waals surface area contributed by atoms with Crippen molar-refractivity contribution in [1.29, 1.82) is 0 Å². The summed E-state index contributed by atoms with van der Waals surface area (Å²) in [5.74, 6) is 0.752. The molecular formula is C13H18F3NO3. The minimum absolute atomic E-state index is 0.0299. The largest absolute Gasteiger partial charge is 0.493 e. The second-order valence-electron chi connectivity index (χ2n) is 4.39. The zero-order valence-electron chi connectivity index (χ0n) is 11.4. The van der Waals surface area contributed by atoms with E-state index in [1.165, 1.54) is 7.11 Å². The predicted octanol–water partition coefficient (Wildman–Crippen LogP) is 2.50. The van der Waals surface area contributed by atoms with Crippen LogP contribution < -0.4 is 15.2 Å². The van der Waals surface area contributed by atoms with Gasteiger partial charge in [0.15, 0.2) is 18.3 Å². The highest BCUT2D eigenvalue weighted by Crippen LogP contribution is 2.28. The van der Waals surface area contributed by atoms with Gasteiger partial charge in [0.1, 0.15) is 6.61 Å². The zero-order chi connectivity index (χ0) is 15.2. The first-order valence-corrected chi connectivity index (χ1v) is 6.01. The van der Waals surface area contributed by atoms with Crippen molar-refractivity contribution in [1.82, 2.24) is 0 Å². The summed E-state index contributed by atoms with van der Waals surface area (Å²) in [5.41, 5.74) is 6.60. The minimum atomic E-state index is -4.37. The van der Waals surface area contributed by atoms with Crippen LogP contribution in [0.5, 0.6) is 11.5 Å². The highest BCUT2D eigenvalue weighted by atomic mass is 19.4. The average Bonchev–Trinajstić information content (AvgIpc) is 2.33. The summed E-state index contributed by atoms with van der Waals surface area (Å²) in [7, 11) is 1.45. The first kappa shape index (κ1) is 16.6. The van der Waals surface area contributed by atoms with Gasteiger partial charge in [-0.15, -0.1) is 0 Å². The molecule has 114 valence electrons. The van der Waals surface area contributed by atoms with Gasteiger partial charge in [-0.2, -0.15) is 13.2 Å². The third kappa shape index (κ3) is 6.12. The van der Waals surface area contributed by atoms with Crippen molar-refractivity contribution in [2.75, 3.05) is 20.5 Å². The highest BCUT2D eigenvalue weighted by molar-refractivity contribution is 5.43. The summed E-state index contributed by atoms with van der Waals surface area (Å²) >= 11 is 0. The van der Waals surface area contributed by atoms with Crippen molar-refractivity contribution in [3.8, 4) is 11.5 Å². The van der Waals surface area contributed by atoms with Crippen molar-refractivity contribution in [2.45, 2.75) is 25.6 Å². The van der Waals surface area contributed by atoms with E-state index in [9.17, 15) is 13.2 Å². The molecular weight excluding hydrogens is 275 g/mol. The van der Waals surface area contributed by atoms with E-state index >= 15 is 0 Å². The van der Waals surface area contributed by atoms with Gasteiger partial charge in [-0.1, -0.05) is 6.07 Å². The van der Waals surface area contributed by atoms with Gasteiger partial charge in [0, 0.05) is 6.04 Å². The Morgan fingerprint density at radius 3 is 2.50 bits per heavy atom. The van der Waals surface area contributed by atoms with Crippen molar-refractivity contribution >= 4 is 0 Å². The van der Waals surface area contributed by atoms with E-state index in [-0.39, 0.29) is 6.04 Å². The van der Waals surface area contributed by atoms with Crippen molar-refractivity contribution in [3.63, 3.8) is 0 Å². The van der Waals surface area contributed by atoms with E-state index in [0.717, 1.165) is 5.56 Å². The first-order chi connectivity index (χ1) is 9.31. The van der Waals surface area contributed by atoms with Gasteiger partial charge in [-0.05, 0) is 31.0 Å². The summed E-state index contributed by atoms with van der Waals surface area (Å²) in [6, 6.07) is 5.15. The molecule has 0 aromatic heterocycles. The lowest BCUT2D eigenvalue weighted by atomic mass is 10.1. The van der Waals surface area contributed by atoms with Gasteiger partial charge in [0.05, 0.1) is 7.11 Å². The highest BCUT2D eigenvalue weighted by Gasteiger charge is 2.27. The molecule has 7 heteroatoms. The molecule has 0 aliphatic carbocycles. The van der Waals surface area contributed by atoms with E-state index < -0.39 is 19.6 Å². The fourth-order valence-corrected chi connectivity index (χ4v) is 1.60. The van der Waals surface area contributed by atoms with Crippen LogP contribution in [-0.2, 0) is 11.2 Å². The lowest BCUT2D eigenvalue weighted by Gasteiger charge is -2.14. The molecule has 0 bridgehead atoms. The number of hydrogen-bond acceptors (Lipinski definition) is 4. The van der Waals surface area contributed by atoms with Crippen LogP contribution in [-0.4, -0.2) is 32.7 Å². The van der Waals surface area contributed by atoms with E-state index in [1.54, 1.807) is 12.1 Å². The molecule has 0 aliphatic rings. The van der Waals surface area contributed by atoms with Crippen LogP contribution in [0.4, 0.5) is 13.2 Å². The lowest BCUT2D eigenvalue weighted by molar-refractivity contribution is -0.186. The maximum Gasteiger partial charge on any atom is 0.411 e. The topological polar surface area (TPSA) is 53.7 Å². The Morgan fingerprint density at radius 1 is 1.25 bits per heavy atom. The molecule has 4 nitrogen and oxygen atoms in total. The molecule has 1 aromatic rings. The Balaban J connectivity index is 2.61. The third-order valence-electron chi connectivity index (χ3n) is 2.35. The van der Waals surface area contributed by atoms with Gasteiger partial charge < -0.3 is 19.9 Å². The van der Waals surface area contributed by atoms with Crippen molar-refractivity contribution in [2.24, 2.45) is 5.73 Å². The maximum absolute atomic E-state index is 11.9. The maximum atomic E-state index is 11.9. The van der Waals surface area contributed by atoms with E-state index in [0.29, 0.717) is 17.9 Å². The number of methoxy groups -OCH3 is 1. The number of alkyl halides is 3. The van der Waals surface area contributed by atoms with Crippen LogP contribution in [0, 0.1) is 0 Å². The van der Waals surface area contributed by atoms with Gasteiger partial charge in [0.25, 0.3) is 0 Å². The molecule has 0 amide bonds. The molecule has 0 spiro atoms. The van der Waals surface area contributed by atoms with Gasteiger partial charge >= 0.3 is 6.18 Å². The standard InChI is InChI=1S/C13H18F3NO3/c1-9(17)5-10-3-4-11(18-2)12(6-10)20-8-19-7-13(14,15)16/h3-4,6,9H,5,7-8,17H2,1-2H3. The Kier molecular flexibility index (Phi) is 6.09. The molecule has 1 unspecified atom stereocenters. The lowest BCUT2D eigenvalue weighted by Crippen LogP contribution is -2.19. The van der Waals surface area contributed by atoms with Crippen LogP contribution in [0.2, 0.25) is 0 Å². The van der Waals surface area contributed by atoms with Crippen LogP contribution in [0.3, 0.4) is 0 Å². The smallest absolute Gasteiger partial charge is 0.411 e. The Labute approximate surface area is 115 Å². The average molecular weight is 293 g/mol. The van der Waals surface area contributed by atoms with Crippen LogP contribution >= 0.6 is 0 Å².